The van der Waals surface area contributed by atoms with Crippen molar-refractivity contribution in [2.24, 2.45) is 5.84 Å². The molecule has 7 nitrogen and oxygen atoms in total. The molecule has 19 heavy (non-hydrogen) atoms. The molecule has 0 bridgehead atoms. The fraction of sp³-hybridized carbons (Fsp3) is 0.167. The minimum Gasteiger partial charge on any atom is -0.347 e. The Morgan fingerprint density at radius 3 is 2.79 bits per heavy atom. The maximum absolute atomic E-state index is 11.8. The van der Waals surface area contributed by atoms with Gasteiger partial charge in [0.05, 0.1) is 0 Å². The minimum absolute atomic E-state index is 0.241. The number of hydrogen-bond donors (Lipinski definition) is 3. The monoisotopic (exact) mass is 258 g/mol. The average molecular weight is 258 g/mol. The van der Waals surface area contributed by atoms with Crippen LogP contribution in [-0.2, 0) is 6.54 Å². The molecule has 2 rings (SSSR count). The molecule has 0 saturated carbocycles. The topological polar surface area (TPSA) is 106 Å². The van der Waals surface area contributed by atoms with Gasteiger partial charge >= 0.3 is 0 Å². The number of nitrogen functional groups attached to an aromatic ring is 1. The Morgan fingerprint density at radius 1 is 1.32 bits per heavy atom. The number of anilines is 1. The van der Waals surface area contributed by atoms with E-state index in [1.165, 1.54) is 0 Å². The zero-order valence-electron chi connectivity index (χ0n) is 10.4. The molecule has 0 fully saturated rings. The van der Waals surface area contributed by atoms with Crippen molar-refractivity contribution in [1.82, 2.24) is 20.5 Å². The number of amides is 1. The molecule has 2 heterocycles. The van der Waals surface area contributed by atoms with E-state index in [0.717, 1.165) is 11.1 Å². The number of hydrazine groups is 1. The third-order valence-corrected chi connectivity index (χ3v) is 2.62. The number of nitrogens with one attached hydrogen (secondary N) is 2. The Morgan fingerprint density at radius 2 is 2.16 bits per heavy atom. The number of nitrogens with two attached hydrogens (primary N) is 1. The van der Waals surface area contributed by atoms with Gasteiger partial charge in [0, 0.05) is 18.9 Å². The smallest absolute Gasteiger partial charge is 0.272 e. The van der Waals surface area contributed by atoms with Gasteiger partial charge in [0.25, 0.3) is 5.91 Å². The van der Waals surface area contributed by atoms with E-state index < -0.39 is 0 Å². The molecule has 1 amide bonds. The van der Waals surface area contributed by atoms with Crippen LogP contribution in [0.3, 0.4) is 0 Å². The normalized spacial score (nSPS) is 10.0. The number of aromatic nitrogens is 3. The Kier molecular flexibility index (Phi) is 3.99. The quantitative estimate of drug-likeness (QED) is 0.541. The Labute approximate surface area is 110 Å². The van der Waals surface area contributed by atoms with E-state index in [9.17, 15) is 4.79 Å². The van der Waals surface area contributed by atoms with Gasteiger partial charge in [0.2, 0.25) is 0 Å². The summed E-state index contributed by atoms with van der Waals surface area (Å²) in [6.45, 7) is 2.36. The van der Waals surface area contributed by atoms with E-state index in [4.69, 9.17) is 5.84 Å². The first kappa shape index (κ1) is 12.9. The summed E-state index contributed by atoms with van der Waals surface area (Å²) in [6.07, 6.45) is 3.44. The molecule has 4 N–H and O–H groups in total. The van der Waals surface area contributed by atoms with Gasteiger partial charge in [-0.05, 0) is 36.2 Å². The molecule has 0 aliphatic rings. The molecular formula is C12H14N6O. The van der Waals surface area contributed by atoms with Gasteiger partial charge in [0.15, 0.2) is 11.5 Å². The number of hydrogen-bond acceptors (Lipinski definition) is 6. The molecule has 0 saturated heterocycles. The Hall–Kier alpha value is -2.54. The molecule has 0 aromatic carbocycles. The predicted molar refractivity (Wildman–Crippen MR) is 70.0 cm³/mol. The fourth-order valence-corrected chi connectivity index (χ4v) is 1.50. The maximum atomic E-state index is 11.8. The lowest BCUT2D eigenvalue weighted by atomic mass is 10.1. The highest BCUT2D eigenvalue weighted by Gasteiger charge is 2.08. The summed E-state index contributed by atoms with van der Waals surface area (Å²) < 4.78 is 0. The van der Waals surface area contributed by atoms with Crippen LogP contribution < -0.4 is 16.6 Å². The summed E-state index contributed by atoms with van der Waals surface area (Å²) in [4.78, 5) is 15.8. The summed E-state index contributed by atoms with van der Waals surface area (Å²) in [7, 11) is 0. The van der Waals surface area contributed by atoms with Crippen molar-refractivity contribution >= 4 is 11.7 Å². The standard InChI is InChI=1S/C12H14N6O/c1-8-6-14-5-4-9(8)7-15-12(19)10-2-3-11(16-13)18-17-10/h2-6H,7,13H2,1H3,(H,15,19)(H,16,18). The van der Waals surface area contributed by atoms with E-state index in [1.807, 2.05) is 13.0 Å². The third kappa shape index (κ3) is 3.23. The van der Waals surface area contributed by atoms with Crippen molar-refractivity contribution in [2.75, 3.05) is 5.43 Å². The number of rotatable bonds is 4. The lowest BCUT2D eigenvalue weighted by Crippen LogP contribution is -2.24. The molecule has 0 spiro atoms. The second-order valence-corrected chi connectivity index (χ2v) is 3.93. The van der Waals surface area contributed by atoms with Crippen molar-refractivity contribution in [1.29, 1.82) is 0 Å². The second-order valence-electron chi connectivity index (χ2n) is 3.93. The summed E-state index contributed by atoms with van der Waals surface area (Å²) >= 11 is 0. The van der Waals surface area contributed by atoms with E-state index >= 15 is 0 Å². The van der Waals surface area contributed by atoms with Gasteiger partial charge < -0.3 is 10.7 Å². The summed E-state index contributed by atoms with van der Waals surface area (Å²) in [5.74, 6) is 5.29. The molecule has 98 valence electrons. The van der Waals surface area contributed by atoms with Crippen molar-refractivity contribution in [2.45, 2.75) is 13.5 Å². The van der Waals surface area contributed by atoms with Crippen LogP contribution in [-0.4, -0.2) is 21.1 Å². The SMILES string of the molecule is Cc1cnccc1CNC(=O)c1ccc(NN)nn1. The van der Waals surface area contributed by atoms with E-state index in [2.05, 4.69) is 25.9 Å². The number of carbonyl (C=O) groups is 1. The van der Waals surface area contributed by atoms with E-state index in [1.54, 1.807) is 24.5 Å². The highest BCUT2D eigenvalue weighted by molar-refractivity contribution is 5.92. The highest BCUT2D eigenvalue weighted by Crippen LogP contribution is 2.05. The predicted octanol–water partition coefficient (Wildman–Crippen LogP) is 0.396. The first-order valence-corrected chi connectivity index (χ1v) is 5.68. The highest BCUT2D eigenvalue weighted by atomic mass is 16.1. The van der Waals surface area contributed by atoms with Gasteiger partial charge in [-0.3, -0.25) is 9.78 Å². The van der Waals surface area contributed by atoms with Crippen molar-refractivity contribution in [3.63, 3.8) is 0 Å². The number of nitrogens with zero attached hydrogens (tertiary/aromatic N) is 3. The summed E-state index contributed by atoms with van der Waals surface area (Å²) in [5.41, 5.74) is 4.62. The molecule has 0 atom stereocenters. The van der Waals surface area contributed by atoms with E-state index in [0.29, 0.717) is 12.4 Å². The zero-order valence-corrected chi connectivity index (χ0v) is 10.4. The summed E-state index contributed by atoms with van der Waals surface area (Å²) in [5, 5.41) is 10.3. The maximum Gasteiger partial charge on any atom is 0.272 e. The number of carbonyl (C=O) groups excluding carboxylic acids is 1. The lowest BCUT2D eigenvalue weighted by Gasteiger charge is -2.07. The molecule has 2 aromatic heterocycles. The van der Waals surface area contributed by atoms with E-state index in [-0.39, 0.29) is 11.6 Å². The van der Waals surface area contributed by atoms with Crippen LogP contribution in [0.15, 0.2) is 30.6 Å². The molecule has 0 unspecified atom stereocenters. The minimum atomic E-state index is -0.285. The van der Waals surface area contributed by atoms with Gasteiger partial charge in [-0.15, -0.1) is 10.2 Å². The van der Waals surface area contributed by atoms with Crippen LogP contribution in [0.4, 0.5) is 5.82 Å². The fourth-order valence-electron chi connectivity index (χ4n) is 1.50. The van der Waals surface area contributed by atoms with Crippen molar-refractivity contribution in [3.8, 4) is 0 Å². The largest absolute Gasteiger partial charge is 0.347 e. The Balaban J connectivity index is 1.99. The molecule has 7 heteroatoms. The van der Waals surface area contributed by atoms with Crippen LogP contribution in [0.2, 0.25) is 0 Å². The Bertz CT molecular complexity index is 569. The van der Waals surface area contributed by atoms with Crippen LogP contribution in [0.5, 0.6) is 0 Å². The average Bonchev–Trinajstić information content (AvgIpc) is 2.46. The number of aryl methyl sites for hydroxylation is 1. The molecule has 0 radical (unpaired) electrons. The van der Waals surface area contributed by atoms with Crippen molar-refractivity contribution < 1.29 is 4.79 Å². The zero-order chi connectivity index (χ0) is 13.7. The lowest BCUT2D eigenvalue weighted by molar-refractivity contribution is 0.0945. The van der Waals surface area contributed by atoms with Crippen LogP contribution >= 0.6 is 0 Å². The van der Waals surface area contributed by atoms with Gasteiger partial charge in [0.1, 0.15) is 0 Å². The van der Waals surface area contributed by atoms with Crippen LogP contribution in [0, 0.1) is 6.92 Å². The molecular weight excluding hydrogens is 244 g/mol. The molecule has 0 aliphatic carbocycles. The molecule has 2 aromatic rings. The van der Waals surface area contributed by atoms with Gasteiger partial charge in [-0.2, -0.15) is 0 Å². The first-order valence-electron chi connectivity index (χ1n) is 5.68. The third-order valence-electron chi connectivity index (χ3n) is 2.62. The first-order chi connectivity index (χ1) is 9.20. The summed E-state index contributed by atoms with van der Waals surface area (Å²) in [6, 6.07) is 5.00. The van der Waals surface area contributed by atoms with Gasteiger partial charge in [-0.25, -0.2) is 5.84 Å². The van der Waals surface area contributed by atoms with Crippen LogP contribution in [0.25, 0.3) is 0 Å². The van der Waals surface area contributed by atoms with Crippen LogP contribution in [0.1, 0.15) is 21.6 Å². The number of pyridine rings is 1. The second kappa shape index (κ2) is 5.87. The molecule has 0 aliphatic heterocycles. The van der Waals surface area contributed by atoms with Gasteiger partial charge in [-0.1, -0.05) is 0 Å². The van der Waals surface area contributed by atoms with Crippen molar-refractivity contribution in [3.05, 3.63) is 47.4 Å².